The van der Waals surface area contributed by atoms with Gasteiger partial charge < -0.3 is 23.6 Å². The van der Waals surface area contributed by atoms with Gasteiger partial charge in [0.1, 0.15) is 40.4 Å². The molecule has 59 heavy (non-hydrogen) atoms. The molecule has 0 saturated carbocycles. The smallest absolute Gasteiger partial charge is 0.461 e. The zero-order valence-electron chi connectivity index (χ0n) is 32.5. The normalized spacial score (nSPS) is 20.5. The molecule has 4 aliphatic rings. The number of aromatic nitrogens is 3. The van der Waals surface area contributed by atoms with E-state index in [-0.39, 0.29) is 92.9 Å². The number of phosphoric acid groups is 1. The Morgan fingerprint density at radius 1 is 1.03 bits per heavy atom. The molecule has 312 valence electrons. The van der Waals surface area contributed by atoms with Crippen molar-refractivity contribution in [2.45, 2.75) is 83.2 Å². The Bertz CT molecular complexity index is 2440. The number of rotatable bonds is 10. The Labute approximate surface area is 343 Å². The minimum atomic E-state index is -5.11. The molecule has 2 aromatic carbocycles. The van der Waals surface area contributed by atoms with Gasteiger partial charge in [0, 0.05) is 31.0 Å². The van der Waals surface area contributed by atoms with Gasteiger partial charge in [0.15, 0.2) is 5.82 Å². The molecule has 8 rings (SSSR count). The molecule has 3 atom stereocenters. The number of anilines is 1. The van der Waals surface area contributed by atoms with Crippen molar-refractivity contribution >= 4 is 59.0 Å². The molecule has 0 radical (unpaired) electrons. The number of ether oxygens (including phenoxy) is 3. The number of pyridine rings is 1. The lowest BCUT2D eigenvalue weighted by molar-refractivity contribution is -0.170. The van der Waals surface area contributed by atoms with E-state index >= 15 is 8.78 Å². The largest absolute Gasteiger partial charge is 0.524 e. The van der Waals surface area contributed by atoms with Crippen LogP contribution >= 0.6 is 19.4 Å². The number of esters is 1. The van der Waals surface area contributed by atoms with Crippen molar-refractivity contribution in [3.8, 4) is 35.4 Å². The fourth-order valence-corrected chi connectivity index (χ4v) is 9.69. The molecule has 2 N–H and O–H groups in total. The maximum absolute atomic E-state index is 17.4. The van der Waals surface area contributed by atoms with Crippen molar-refractivity contribution in [3.63, 3.8) is 0 Å². The molecule has 3 unspecified atom stereocenters. The van der Waals surface area contributed by atoms with E-state index in [0.29, 0.717) is 12.8 Å². The molecule has 4 aliphatic heterocycles. The number of halogens is 3. The summed E-state index contributed by atoms with van der Waals surface area (Å²) >= 11 is 6.98. The van der Waals surface area contributed by atoms with Gasteiger partial charge in [-0.05, 0) is 75.2 Å². The van der Waals surface area contributed by atoms with Gasteiger partial charge in [-0.3, -0.25) is 24.4 Å². The predicted octanol–water partition coefficient (Wildman–Crippen LogP) is 6.57. The molecule has 4 aromatic rings. The average molecular weight is 855 g/mol. The third kappa shape index (κ3) is 7.73. The molecule has 15 nitrogen and oxygen atoms in total. The summed E-state index contributed by atoms with van der Waals surface area (Å²) in [5, 5.41) is 0.00758. The summed E-state index contributed by atoms with van der Waals surface area (Å²) < 4.78 is 66.5. The first-order valence-corrected chi connectivity index (χ1v) is 21.3. The van der Waals surface area contributed by atoms with Crippen LogP contribution in [-0.4, -0.2) is 103 Å². The molecule has 1 amide bonds. The Balaban J connectivity index is 1.22. The van der Waals surface area contributed by atoms with Gasteiger partial charge in [-0.15, -0.1) is 6.42 Å². The van der Waals surface area contributed by atoms with E-state index in [1.807, 2.05) is 4.90 Å². The number of terminal acetylenes is 1. The van der Waals surface area contributed by atoms with E-state index in [0.717, 1.165) is 50.9 Å². The van der Waals surface area contributed by atoms with E-state index in [2.05, 4.69) is 20.8 Å². The molecule has 0 aliphatic carbocycles. The summed E-state index contributed by atoms with van der Waals surface area (Å²) in [6.45, 7) is 7.46. The molecular formula is C40H42ClF2N6O9P. The van der Waals surface area contributed by atoms with Gasteiger partial charge in [-0.25, -0.2) is 23.1 Å². The third-order valence-corrected chi connectivity index (χ3v) is 12.4. The minimum absolute atomic E-state index is 0.0210. The van der Waals surface area contributed by atoms with Crippen molar-refractivity contribution in [2.75, 3.05) is 37.7 Å². The molecule has 2 bridgehead atoms. The number of amides is 1. The minimum Gasteiger partial charge on any atom is -0.461 e. The lowest BCUT2D eigenvalue weighted by Crippen LogP contribution is -2.56. The van der Waals surface area contributed by atoms with Gasteiger partial charge in [-0.1, -0.05) is 37.4 Å². The summed E-state index contributed by atoms with van der Waals surface area (Å²) in [6, 6.07) is 3.89. The van der Waals surface area contributed by atoms with Crippen LogP contribution in [0.5, 0.6) is 11.8 Å². The van der Waals surface area contributed by atoms with Gasteiger partial charge in [-0.2, -0.15) is 9.97 Å². The predicted molar refractivity (Wildman–Crippen MR) is 212 cm³/mol. The summed E-state index contributed by atoms with van der Waals surface area (Å²) in [5.74, 6) is -0.581. The highest BCUT2D eigenvalue weighted by Crippen LogP contribution is 2.46. The van der Waals surface area contributed by atoms with E-state index in [1.165, 1.54) is 19.1 Å². The lowest BCUT2D eigenvalue weighted by Gasteiger charge is -2.41. The number of fused-ring (bicyclic) bond motifs is 5. The topological polar surface area (TPSA) is 177 Å². The zero-order valence-corrected chi connectivity index (χ0v) is 34.1. The maximum atomic E-state index is 17.4. The monoisotopic (exact) mass is 854 g/mol. The highest BCUT2D eigenvalue weighted by atomic mass is 35.5. The highest BCUT2D eigenvalue weighted by molar-refractivity contribution is 7.46. The number of nitrogens with zero attached hydrogens (tertiary/aromatic N) is 6. The van der Waals surface area contributed by atoms with E-state index < -0.39 is 49.4 Å². The van der Waals surface area contributed by atoms with Crippen molar-refractivity contribution in [1.29, 1.82) is 0 Å². The Hall–Kier alpha value is -4.85. The summed E-state index contributed by atoms with van der Waals surface area (Å²) in [6.07, 6.45) is 9.12. The number of hydrogen-bond acceptors (Lipinski definition) is 12. The van der Waals surface area contributed by atoms with Crippen LogP contribution < -0.4 is 14.2 Å². The average Bonchev–Trinajstić information content (AvgIpc) is 3.84. The van der Waals surface area contributed by atoms with Gasteiger partial charge in [0.25, 0.3) is 0 Å². The number of hydrogen-bond donors (Lipinski definition) is 2. The fraction of sp³-hybridized carbons (Fsp3) is 0.475. The second-order valence-electron chi connectivity index (χ2n) is 15.8. The quantitative estimate of drug-likeness (QED) is 0.0576. The second-order valence-corrected chi connectivity index (χ2v) is 17.3. The third-order valence-electron chi connectivity index (χ3n) is 11.7. The SMILES string of the molecule is C#Cc1c(F)ccc2cc(OP(=O)(O)O)cc(-c3nc(Cl)c4c(N5CC6CCC(C5)N6C(=O)OC(C)OC(=O)C(C)C)nc(OCC56CCCN5CCC6)nc4c3F)c12. The lowest BCUT2D eigenvalue weighted by atomic mass is 9.95. The van der Waals surface area contributed by atoms with Crippen LogP contribution in [0.3, 0.4) is 0 Å². The molecule has 0 spiro atoms. The van der Waals surface area contributed by atoms with Gasteiger partial charge >= 0.3 is 25.9 Å². The molecule has 2 aromatic heterocycles. The van der Waals surface area contributed by atoms with Gasteiger partial charge in [0.05, 0.1) is 34.5 Å². The number of carbonyl (C=O) groups is 2. The van der Waals surface area contributed by atoms with Crippen LogP contribution in [0.2, 0.25) is 5.15 Å². The van der Waals surface area contributed by atoms with E-state index in [9.17, 15) is 23.9 Å². The maximum Gasteiger partial charge on any atom is 0.524 e. The van der Waals surface area contributed by atoms with Crippen molar-refractivity contribution in [1.82, 2.24) is 24.8 Å². The number of benzene rings is 2. The first-order chi connectivity index (χ1) is 28.1. The van der Waals surface area contributed by atoms with Crippen LogP contribution in [0.25, 0.3) is 32.9 Å². The summed E-state index contributed by atoms with van der Waals surface area (Å²) in [5.41, 5.74) is -1.35. The highest BCUT2D eigenvalue weighted by Gasteiger charge is 2.47. The van der Waals surface area contributed by atoms with Crippen LogP contribution in [-0.2, 0) is 18.8 Å². The number of piperazine rings is 1. The van der Waals surface area contributed by atoms with Crippen LogP contribution in [0.1, 0.15) is 64.9 Å². The van der Waals surface area contributed by atoms with Crippen molar-refractivity contribution < 1.29 is 51.5 Å². The first-order valence-electron chi connectivity index (χ1n) is 19.4. The first kappa shape index (κ1) is 40.9. The zero-order chi connectivity index (χ0) is 42.0. The second kappa shape index (κ2) is 15.6. The van der Waals surface area contributed by atoms with Crippen molar-refractivity contribution in [2.24, 2.45) is 5.92 Å². The fourth-order valence-electron chi connectivity index (χ4n) is 9.06. The van der Waals surface area contributed by atoms with E-state index in [1.54, 1.807) is 18.7 Å². The number of phosphoric ester groups is 1. The molecular weight excluding hydrogens is 813 g/mol. The molecule has 4 fully saturated rings. The number of carbonyl (C=O) groups excluding carboxylic acids is 2. The summed E-state index contributed by atoms with van der Waals surface area (Å²) in [4.78, 5) is 64.6. The van der Waals surface area contributed by atoms with Gasteiger partial charge in [0.2, 0.25) is 6.29 Å². The molecule has 6 heterocycles. The Morgan fingerprint density at radius 2 is 1.73 bits per heavy atom. The Morgan fingerprint density at radius 3 is 2.37 bits per heavy atom. The summed E-state index contributed by atoms with van der Waals surface area (Å²) in [7, 11) is -5.11. The van der Waals surface area contributed by atoms with Crippen LogP contribution in [0.15, 0.2) is 24.3 Å². The van der Waals surface area contributed by atoms with E-state index in [4.69, 9.17) is 41.7 Å². The Kier molecular flexibility index (Phi) is 10.8. The molecule has 19 heteroatoms. The van der Waals surface area contributed by atoms with Crippen molar-refractivity contribution in [3.05, 3.63) is 46.6 Å². The molecule has 4 saturated heterocycles. The standard InChI is InChI=1S/C40H42ClF2N6O9P/c1-5-27-29(42)11-8-23-16-26(58-59(52,53)54)17-28(30(23)27)33-32(43)34-31(35(41)44-33)36(46-38(45-34)55-20-40-12-6-14-48(40)15-7-13-40)47-18-24-9-10-25(19-47)49(24)39(51)57-22(4)56-37(50)21(2)3/h1,8,11,16-17,21-22,24-25H,6-7,9-10,12-15,18-20H2,2-4H3,(H2,52,53,54). The van der Waals surface area contributed by atoms with Crippen LogP contribution in [0, 0.1) is 29.9 Å². The van der Waals surface area contributed by atoms with Crippen LogP contribution in [0.4, 0.5) is 19.4 Å².